The summed E-state index contributed by atoms with van der Waals surface area (Å²) in [4.78, 5) is 0. The molecule has 0 amide bonds. The lowest BCUT2D eigenvalue weighted by Gasteiger charge is -2.25. The molecule has 1 heteroatoms. The number of halogens is 1. The van der Waals surface area contributed by atoms with Gasteiger partial charge in [0.05, 0.1) is 0 Å². The van der Waals surface area contributed by atoms with Crippen LogP contribution in [0.3, 0.4) is 0 Å². The van der Waals surface area contributed by atoms with Crippen molar-refractivity contribution < 1.29 is 0 Å². The molecule has 0 saturated heterocycles. The van der Waals surface area contributed by atoms with Gasteiger partial charge < -0.3 is 0 Å². The highest BCUT2D eigenvalue weighted by Gasteiger charge is 2.21. The molecule has 4 rings (SSSR count). The number of allylic oxidation sites excluding steroid dienone is 2. The van der Waals surface area contributed by atoms with Crippen molar-refractivity contribution in [3.05, 3.63) is 59.2 Å². The van der Waals surface area contributed by atoms with Gasteiger partial charge in [-0.1, -0.05) is 68.5 Å². The molecular weight excluding hydrogens is 343 g/mol. The van der Waals surface area contributed by atoms with E-state index in [0.717, 1.165) is 6.42 Å². The van der Waals surface area contributed by atoms with Crippen LogP contribution < -0.4 is 0 Å². The Balaban J connectivity index is 0.000000426. The first-order valence-corrected chi connectivity index (χ1v) is 6.84. The first-order chi connectivity index (χ1) is 8.93. The first kappa shape index (κ1) is 14.3. The van der Waals surface area contributed by atoms with Gasteiger partial charge in [0.2, 0.25) is 0 Å². The fraction of sp³-hybridized carbons (Fsp3) is 0.222. The van der Waals surface area contributed by atoms with Crippen LogP contribution >= 0.6 is 24.0 Å². The molecule has 0 heterocycles. The minimum atomic E-state index is 0. The highest BCUT2D eigenvalue weighted by atomic mass is 127. The minimum Gasteiger partial charge on any atom is -0.107 e. The van der Waals surface area contributed by atoms with E-state index in [1.165, 1.54) is 27.5 Å². The van der Waals surface area contributed by atoms with Gasteiger partial charge in [0.25, 0.3) is 0 Å². The van der Waals surface area contributed by atoms with Gasteiger partial charge in [-0.25, -0.2) is 0 Å². The number of hydrogen-bond donors (Lipinski definition) is 0. The standard InChI is InChI=1S/C16H12.C2H6.HI/c1-3-11-7-9-13-5-2-6-14-10-8-12(4-1)15(11)16(13)14;1-2;/h1-5,7-10,14H,6H2;1-2H3;1H. The Morgan fingerprint density at radius 1 is 0.947 bits per heavy atom. The summed E-state index contributed by atoms with van der Waals surface area (Å²) in [6.45, 7) is 4.00. The zero-order valence-corrected chi connectivity index (χ0v) is 13.7. The van der Waals surface area contributed by atoms with Gasteiger partial charge in [-0.3, -0.25) is 0 Å². The van der Waals surface area contributed by atoms with E-state index in [4.69, 9.17) is 0 Å². The maximum atomic E-state index is 2.35. The van der Waals surface area contributed by atoms with Crippen LogP contribution in [0, 0.1) is 0 Å². The summed E-state index contributed by atoms with van der Waals surface area (Å²) < 4.78 is 0. The summed E-state index contributed by atoms with van der Waals surface area (Å²) in [6.07, 6.45) is 10.3. The van der Waals surface area contributed by atoms with Gasteiger partial charge >= 0.3 is 0 Å². The average Bonchev–Trinajstić information content (AvgIpc) is 2.47. The van der Waals surface area contributed by atoms with Crippen LogP contribution in [0.25, 0.3) is 22.9 Å². The summed E-state index contributed by atoms with van der Waals surface area (Å²) in [6, 6.07) is 11.1. The van der Waals surface area contributed by atoms with Crippen LogP contribution in [-0.4, -0.2) is 0 Å². The second-order valence-corrected chi connectivity index (χ2v) is 4.62. The molecule has 98 valence electrons. The average molecular weight is 362 g/mol. The van der Waals surface area contributed by atoms with Crippen molar-refractivity contribution in [3.63, 3.8) is 0 Å². The molecule has 0 saturated carbocycles. The van der Waals surface area contributed by atoms with Gasteiger partial charge in [0, 0.05) is 5.92 Å². The molecule has 2 aliphatic carbocycles. The summed E-state index contributed by atoms with van der Waals surface area (Å²) in [7, 11) is 0. The Labute approximate surface area is 132 Å². The molecule has 2 aromatic rings. The van der Waals surface area contributed by atoms with E-state index in [2.05, 4.69) is 54.6 Å². The lowest BCUT2D eigenvalue weighted by molar-refractivity contribution is 0.861. The monoisotopic (exact) mass is 362 g/mol. The molecule has 0 aromatic heterocycles. The molecule has 19 heavy (non-hydrogen) atoms. The molecule has 0 fully saturated rings. The van der Waals surface area contributed by atoms with Crippen molar-refractivity contribution in [1.29, 1.82) is 0 Å². The SMILES string of the molecule is C1=Cc2ccc3cccc4c3c2C(C=C4)C1.CC.I. The molecule has 2 aromatic carbocycles. The van der Waals surface area contributed by atoms with Gasteiger partial charge in [0.15, 0.2) is 0 Å². The van der Waals surface area contributed by atoms with Crippen LogP contribution in [0.15, 0.2) is 42.5 Å². The Morgan fingerprint density at radius 3 is 2.63 bits per heavy atom. The Bertz CT molecular complexity index is 650. The van der Waals surface area contributed by atoms with Gasteiger partial charge in [-0.05, 0) is 33.9 Å². The van der Waals surface area contributed by atoms with Gasteiger partial charge in [-0.2, -0.15) is 0 Å². The summed E-state index contributed by atoms with van der Waals surface area (Å²) >= 11 is 0. The molecule has 0 radical (unpaired) electrons. The predicted octanol–water partition coefficient (Wildman–Crippen LogP) is 6.01. The largest absolute Gasteiger partial charge is 0.107 e. The summed E-state index contributed by atoms with van der Waals surface area (Å²) in [5.41, 5.74) is 4.32. The molecule has 0 aliphatic heterocycles. The van der Waals surface area contributed by atoms with E-state index >= 15 is 0 Å². The van der Waals surface area contributed by atoms with E-state index in [-0.39, 0.29) is 24.0 Å². The van der Waals surface area contributed by atoms with Crippen LogP contribution in [-0.2, 0) is 0 Å². The van der Waals surface area contributed by atoms with Gasteiger partial charge in [0.1, 0.15) is 0 Å². The van der Waals surface area contributed by atoms with Gasteiger partial charge in [-0.15, -0.1) is 24.0 Å². The zero-order chi connectivity index (χ0) is 12.5. The zero-order valence-electron chi connectivity index (χ0n) is 11.4. The topological polar surface area (TPSA) is 0 Å². The molecule has 0 nitrogen and oxygen atoms in total. The maximum absolute atomic E-state index is 2.35. The molecule has 0 bridgehead atoms. The second-order valence-electron chi connectivity index (χ2n) is 4.62. The fourth-order valence-electron chi connectivity index (χ4n) is 2.99. The lowest BCUT2D eigenvalue weighted by Crippen LogP contribution is -2.05. The van der Waals surface area contributed by atoms with Crippen LogP contribution in [0.2, 0.25) is 0 Å². The third-order valence-corrected chi connectivity index (χ3v) is 3.72. The predicted molar refractivity (Wildman–Crippen MR) is 96.1 cm³/mol. The summed E-state index contributed by atoms with van der Waals surface area (Å²) in [5, 5.41) is 2.85. The molecular formula is C18H19I. The van der Waals surface area contributed by atoms with Crippen molar-refractivity contribution >= 4 is 46.9 Å². The smallest absolute Gasteiger partial charge is 0.00682 e. The number of hydrogen-bond acceptors (Lipinski definition) is 0. The minimum absolute atomic E-state index is 0. The molecule has 2 aliphatic rings. The second kappa shape index (κ2) is 5.91. The number of benzene rings is 2. The molecule has 0 N–H and O–H groups in total. The quantitative estimate of drug-likeness (QED) is 0.504. The number of rotatable bonds is 0. The van der Waals surface area contributed by atoms with E-state index in [1.54, 1.807) is 0 Å². The molecule has 0 spiro atoms. The fourth-order valence-corrected chi connectivity index (χ4v) is 2.99. The normalized spacial score (nSPS) is 17.5. The Hall–Kier alpha value is -1.09. The van der Waals surface area contributed by atoms with Crippen molar-refractivity contribution in [2.45, 2.75) is 26.2 Å². The van der Waals surface area contributed by atoms with E-state index in [9.17, 15) is 0 Å². The van der Waals surface area contributed by atoms with E-state index in [0.29, 0.717) is 5.92 Å². The third-order valence-electron chi connectivity index (χ3n) is 3.72. The van der Waals surface area contributed by atoms with Crippen molar-refractivity contribution in [2.75, 3.05) is 0 Å². The molecule has 1 atom stereocenters. The Kier molecular flexibility index (Phi) is 4.46. The maximum Gasteiger partial charge on any atom is 0.00682 e. The highest BCUT2D eigenvalue weighted by Crippen LogP contribution is 2.41. The highest BCUT2D eigenvalue weighted by molar-refractivity contribution is 14.0. The van der Waals surface area contributed by atoms with Crippen molar-refractivity contribution in [1.82, 2.24) is 0 Å². The molecule has 1 unspecified atom stereocenters. The van der Waals surface area contributed by atoms with Crippen LogP contribution in [0.4, 0.5) is 0 Å². The lowest BCUT2D eigenvalue weighted by atomic mass is 9.79. The van der Waals surface area contributed by atoms with E-state index < -0.39 is 0 Å². The van der Waals surface area contributed by atoms with Crippen molar-refractivity contribution in [3.8, 4) is 0 Å². The van der Waals surface area contributed by atoms with Crippen LogP contribution in [0.1, 0.15) is 42.9 Å². The van der Waals surface area contributed by atoms with Crippen molar-refractivity contribution in [2.24, 2.45) is 0 Å². The first-order valence-electron chi connectivity index (χ1n) is 6.84. The Morgan fingerprint density at radius 2 is 1.79 bits per heavy atom. The van der Waals surface area contributed by atoms with Crippen LogP contribution in [0.5, 0.6) is 0 Å². The van der Waals surface area contributed by atoms with E-state index in [1.807, 2.05) is 13.8 Å². The third kappa shape index (κ3) is 2.25. The summed E-state index contributed by atoms with van der Waals surface area (Å²) in [5.74, 6) is 0.596.